The van der Waals surface area contributed by atoms with Crippen molar-refractivity contribution in [2.24, 2.45) is 12.1 Å². The predicted octanol–water partition coefficient (Wildman–Crippen LogP) is 3.19. The Balaban J connectivity index is 1.69. The van der Waals surface area contributed by atoms with Crippen LogP contribution >= 0.6 is 0 Å². The molecule has 0 unspecified atom stereocenters. The van der Waals surface area contributed by atoms with Crippen LogP contribution in [-0.2, 0) is 16.6 Å². The van der Waals surface area contributed by atoms with Crippen molar-refractivity contribution < 1.29 is 19.1 Å². The summed E-state index contributed by atoms with van der Waals surface area (Å²) in [5, 5.41) is 4.63. The lowest BCUT2D eigenvalue weighted by Crippen LogP contribution is -2.24. The Morgan fingerprint density at radius 3 is 2.66 bits per heavy atom. The van der Waals surface area contributed by atoms with E-state index in [4.69, 9.17) is 9.47 Å². The molecule has 7 nitrogen and oxygen atoms in total. The number of ether oxygens (including phenoxy) is 2. The Hall–Kier alpha value is -3.61. The van der Waals surface area contributed by atoms with Gasteiger partial charge in [-0.1, -0.05) is 30.3 Å². The fourth-order valence-electron chi connectivity index (χ4n) is 3.00. The number of hydrogen-bond donors (Lipinski definition) is 1. The van der Waals surface area contributed by atoms with Gasteiger partial charge in [-0.25, -0.2) is 10.2 Å². The van der Waals surface area contributed by atoms with E-state index in [0.717, 1.165) is 22.2 Å². The molecule has 3 aromatic rings. The molecule has 0 aliphatic heterocycles. The normalized spacial score (nSPS) is 11.0. The molecule has 0 bridgehead atoms. The van der Waals surface area contributed by atoms with Crippen molar-refractivity contribution in [2.45, 2.75) is 13.8 Å². The van der Waals surface area contributed by atoms with Crippen molar-refractivity contribution in [3.05, 3.63) is 65.4 Å². The topological polar surface area (TPSA) is 81.9 Å². The third-order valence-corrected chi connectivity index (χ3v) is 4.52. The van der Waals surface area contributed by atoms with Crippen LogP contribution in [0.5, 0.6) is 5.75 Å². The lowest BCUT2D eigenvalue weighted by molar-refractivity contribution is -0.123. The monoisotopic (exact) mass is 393 g/mol. The SMILES string of the molecule is CCOC(=O)c1c(C)n(C)c2ccc(OCC(=O)N/N=C\c3ccccc3)cc12. The van der Waals surface area contributed by atoms with Crippen molar-refractivity contribution >= 4 is 29.0 Å². The lowest BCUT2D eigenvalue weighted by atomic mass is 10.1. The molecule has 0 saturated heterocycles. The number of fused-ring (bicyclic) bond motifs is 1. The van der Waals surface area contributed by atoms with Crippen LogP contribution in [0.3, 0.4) is 0 Å². The molecule has 150 valence electrons. The molecule has 1 aromatic heterocycles. The molecule has 1 heterocycles. The van der Waals surface area contributed by atoms with Gasteiger partial charge in [-0.05, 0) is 37.6 Å². The number of rotatable bonds is 7. The maximum atomic E-state index is 12.3. The van der Waals surface area contributed by atoms with Crippen LogP contribution < -0.4 is 10.2 Å². The number of nitrogens with zero attached hydrogens (tertiary/aromatic N) is 2. The number of benzene rings is 2. The first-order valence-electron chi connectivity index (χ1n) is 9.27. The van der Waals surface area contributed by atoms with E-state index in [1.807, 2.05) is 54.9 Å². The number of hydrazone groups is 1. The van der Waals surface area contributed by atoms with E-state index in [2.05, 4.69) is 10.5 Å². The Bertz CT molecular complexity index is 1050. The Morgan fingerprint density at radius 2 is 1.93 bits per heavy atom. The summed E-state index contributed by atoms with van der Waals surface area (Å²) in [7, 11) is 1.89. The minimum absolute atomic E-state index is 0.196. The molecule has 0 radical (unpaired) electrons. The lowest BCUT2D eigenvalue weighted by Gasteiger charge is -2.06. The third kappa shape index (κ3) is 4.63. The predicted molar refractivity (Wildman–Crippen MR) is 111 cm³/mol. The van der Waals surface area contributed by atoms with E-state index in [-0.39, 0.29) is 18.5 Å². The number of esters is 1. The summed E-state index contributed by atoms with van der Waals surface area (Å²) in [6, 6.07) is 14.8. The molecule has 0 aliphatic carbocycles. The van der Waals surface area contributed by atoms with Crippen molar-refractivity contribution in [1.29, 1.82) is 0 Å². The average Bonchev–Trinajstić information content (AvgIpc) is 2.97. The number of amides is 1. The second kappa shape index (κ2) is 9.05. The van der Waals surface area contributed by atoms with Gasteiger partial charge in [-0.15, -0.1) is 0 Å². The molecule has 0 saturated carbocycles. The maximum Gasteiger partial charge on any atom is 0.340 e. The van der Waals surface area contributed by atoms with Gasteiger partial charge < -0.3 is 14.0 Å². The molecule has 0 aliphatic rings. The van der Waals surface area contributed by atoms with Gasteiger partial charge in [-0.3, -0.25) is 4.79 Å². The second-order valence-corrected chi connectivity index (χ2v) is 6.41. The Morgan fingerprint density at radius 1 is 1.17 bits per heavy atom. The molecule has 29 heavy (non-hydrogen) atoms. The fraction of sp³-hybridized carbons (Fsp3) is 0.227. The Kier molecular flexibility index (Phi) is 6.29. The smallest absolute Gasteiger partial charge is 0.340 e. The van der Waals surface area contributed by atoms with E-state index < -0.39 is 0 Å². The number of carbonyl (C=O) groups excluding carboxylic acids is 2. The van der Waals surface area contributed by atoms with Crippen LogP contribution in [0.4, 0.5) is 0 Å². The van der Waals surface area contributed by atoms with E-state index in [9.17, 15) is 9.59 Å². The highest BCUT2D eigenvalue weighted by molar-refractivity contribution is 6.06. The molecule has 1 amide bonds. The van der Waals surface area contributed by atoms with Crippen molar-refractivity contribution in [3.8, 4) is 5.75 Å². The quantitative estimate of drug-likeness (QED) is 0.380. The minimum atomic E-state index is -0.382. The summed E-state index contributed by atoms with van der Waals surface area (Å²) >= 11 is 0. The van der Waals surface area contributed by atoms with Crippen LogP contribution in [0.2, 0.25) is 0 Å². The highest BCUT2D eigenvalue weighted by Crippen LogP contribution is 2.29. The first kappa shape index (κ1) is 20.1. The molecule has 7 heteroatoms. The van der Waals surface area contributed by atoms with Gasteiger partial charge >= 0.3 is 5.97 Å². The van der Waals surface area contributed by atoms with Gasteiger partial charge in [0.1, 0.15) is 5.75 Å². The second-order valence-electron chi connectivity index (χ2n) is 6.41. The zero-order valence-corrected chi connectivity index (χ0v) is 16.6. The summed E-state index contributed by atoms with van der Waals surface area (Å²) in [5.41, 5.74) is 5.50. The van der Waals surface area contributed by atoms with Crippen LogP contribution in [0.1, 0.15) is 28.5 Å². The van der Waals surface area contributed by atoms with Gasteiger partial charge in [0.15, 0.2) is 6.61 Å². The minimum Gasteiger partial charge on any atom is -0.484 e. The molecular formula is C22H23N3O4. The molecule has 0 fully saturated rings. The number of carbonyl (C=O) groups is 2. The summed E-state index contributed by atoms with van der Waals surface area (Å²) in [6.45, 7) is 3.74. The van der Waals surface area contributed by atoms with Crippen LogP contribution in [0.15, 0.2) is 53.6 Å². The average molecular weight is 393 g/mol. The zero-order chi connectivity index (χ0) is 20.8. The number of hydrogen-bond acceptors (Lipinski definition) is 5. The molecule has 1 N–H and O–H groups in total. The van der Waals surface area contributed by atoms with E-state index in [0.29, 0.717) is 17.9 Å². The Labute approximate surface area is 168 Å². The van der Waals surface area contributed by atoms with Crippen LogP contribution in [0.25, 0.3) is 10.9 Å². The van der Waals surface area contributed by atoms with E-state index in [1.54, 1.807) is 25.3 Å². The zero-order valence-electron chi connectivity index (χ0n) is 16.6. The summed E-state index contributed by atoms with van der Waals surface area (Å²) in [6.07, 6.45) is 1.56. The number of aryl methyl sites for hydroxylation is 1. The maximum absolute atomic E-state index is 12.3. The molecule has 0 spiro atoms. The largest absolute Gasteiger partial charge is 0.484 e. The number of nitrogens with one attached hydrogen (secondary N) is 1. The first-order chi connectivity index (χ1) is 14.0. The van der Waals surface area contributed by atoms with Gasteiger partial charge in [0.2, 0.25) is 0 Å². The van der Waals surface area contributed by atoms with Gasteiger partial charge in [0.05, 0.1) is 18.4 Å². The first-order valence-corrected chi connectivity index (χ1v) is 9.27. The molecule has 3 rings (SSSR count). The van der Waals surface area contributed by atoms with Gasteiger partial charge in [0.25, 0.3) is 5.91 Å². The van der Waals surface area contributed by atoms with E-state index in [1.165, 1.54) is 0 Å². The molecule has 2 aromatic carbocycles. The highest BCUT2D eigenvalue weighted by Gasteiger charge is 2.20. The van der Waals surface area contributed by atoms with Crippen LogP contribution in [-0.4, -0.2) is 35.9 Å². The number of aromatic nitrogens is 1. The van der Waals surface area contributed by atoms with Crippen LogP contribution in [0, 0.1) is 6.92 Å². The van der Waals surface area contributed by atoms with Crippen molar-refractivity contribution in [1.82, 2.24) is 9.99 Å². The summed E-state index contributed by atoms with van der Waals surface area (Å²) in [4.78, 5) is 24.3. The summed E-state index contributed by atoms with van der Waals surface area (Å²) in [5.74, 6) is -0.274. The van der Waals surface area contributed by atoms with Gasteiger partial charge in [-0.2, -0.15) is 5.10 Å². The molecule has 0 atom stereocenters. The molecular weight excluding hydrogens is 370 g/mol. The van der Waals surface area contributed by atoms with Gasteiger partial charge in [0, 0.05) is 23.6 Å². The van der Waals surface area contributed by atoms with E-state index >= 15 is 0 Å². The highest BCUT2D eigenvalue weighted by atomic mass is 16.5. The van der Waals surface area contributed by atoms with Crippen molar-refractivity contribution in [3.63, 3.8) is 0 Å². The third-order valence-electron chi connectivity index (χ3n) is 4.52. The fourth-order valence-corrected chi connectivity index (χ4v) is 3.00. The summed E-state index contributed by atoms with van der Waals surface area (Å²) < 4.78 is 12.7. The standard InChI is InChI=1S/C22H23N3O4/c1-4-28-22(27)21-15(2)25(3)19-11-10-17(12-18(19)21)29-14-20(26)24-23-13-16-8-6-5-7-9-16/h5-13H,4,14H2,1-3H3,(H,24,26)/b23-13-. The van der Waals surface area contributed by atoms with Crippen molar-refractivity contribution in [2.75, 3.05) is 13.2 Å².